The van der Waals surface area contributed by atoms with E-state index in [0.717, 1.165) is 0 Å². The van der Waals surface area contributed by atoms with Crippen LogP contribution in [-0.2, 0) is 10.2 Å². The van der Waals surface area contributed by atoms with Gasteiger partial charge in [0.05, 0.1) is 0 Å². The first kappa shape index (κ1) is 9.25. The molecular weight excluding hydrogens is 111 g/mol. The molecule has 0 rings (SSSR count). The summed E-state index contributed by atoms with van der Waals surface area (Å²) in [5.74, 6) is 0. The molecule has 4 nitrogen and oxygen atoms in total. The van der Waals surface area contributed by atoms with Crippen molar-refractivity contribution in [2.75, 3.05) is 0 Å². The molecule has 0 radical (unpaired) electrons. The number of hydrogen-bond acceptors (Lipinski definition) is 2. The second kappa shape index (κ2) is 2.06. The predicted molar refractivity (Wildman–Crippen MR) is 16.0 cm³/mol. The summed E-state index contributed by atoms with van der Waals surface area (Å²) < 4.78 is 18.6. The van der Waals surface area contributed by atoms with Crippen LogP contribution in [0.5, 0.6) is 0 Å². The van der Waals surface area contributed by atoms with Gasteiger partial charge in [0.25, 0.3) is 0 Å². The van der Waals surface area contributed by atoms with E-state index < -0.39 is 10.2 Å². The summed E-state index contributed by atoms with van der Waals surface area (Å²) in [4.78, 5) is 0. The Morgan fingerprint density at radius 1 is 1.50 bits per heavy atom. The highest BCUT2D eigenvalue weighted by atomic mass is 32.2. The fourth-order valence-corrected chi connectivity index (χ4v) is 0. The molecule has 0 aliphatic carbocycles. The van der Waals surface area contributed by atoms with Crippen LogP contribution >= 0.6 is 0 Å². The molecule has 0 fully saturated rings. The molecule has 6 heteroatoms. The van der Waals surface area contributed by atoms with Crippen LogP contribution in [0.4, 0.5) is 0 Å². The van der Waals surface area contributed by atoms with Crippen molar-refractivity contribution in [3.05, 3.63) is 0 Å². The third-order valence-corrected chi connectivity index (χ3v) is 0. The zero-order chi connectivity index (χ0) is 4.50. The third kappa shape index (κ3) is 745. The average molecular weight is 116 g/mol. The molecule has 0 spiro atoms. The first-order valence-corrected chi connectivity index (χ1v) is 2.57. The Hall–Kier alpha value is -0.200. The number of halogens is 1. The smallest absolute Gasteiger partial charge is 0.362 e. The summed E-state index contributed by atoms with van der Waals surface area (Å²) >= 11 is 0. The maximum absolute atomic E-state index is 9.30. The molecule has 0 saturated heterocycles. The molecule has 6 heavy (non-hydrogen) atoms. The van der Waals surface area contributed by atoms with E-state index in [4.69, 9.17) is 0 Å². The molecule has 0 heterocycles. The average Bonchev–Trinajstić information content (AvgIpc) is 0.722. The molecule has 0 amide bonds. The summed E-state index contributed by atoms with van der Waals surface area (Å²) in [6.07, 6.45) is 0. The zero-order valence-corrected chi connectivity index (χ0v) is 3.70. The van der Waals surface area contributed by atoms with Crippen LogP contribution in [0.1, 0.15) is 0 Å². The van der Waals surface area contributed by atoms with E-state index in [-0.39, 0.29) is 4.70 Å². The van der Waals surface area contributed by atoms with E-state index in [1.807, 2.05) is 0 Å². The van der Waals surface area contributed by atoms with Crippen molar-refractivity contribution in [3.63, 3.8) is 0 Å². The predicted octanol–water partition coefficient (Wildman–Crippen LogP) is -5.56. The van der Waals surface area contributed by atoms with Gasteiger partial charge >= 0.3 is 10.2 Å². The Balaban J connectivity index is 0. The first-order chi connectivity index (χ1) is 2.00. The van der Waals surface area contributed by atoms with Gasteiger partial charge in [-0.2, -0.15) is 13.6 Å². The van der Waals surface area contributed by atoms with Crippen molar-refractivity contribution in [2.45, 2.75) is 0 Å². The maximum atomic E-state index is 9.30. The summed E-state index contributed by atoms with van der Waals surface area (Å²) in [5.41, 5.74) is 0. The molecule has 0 aliphatic rings. The molecule has 0 aromatic carbocycles. The topological polar surface area (TPSA) is 87.8 Å². The van der Waals surface area contributed by atoms with Crippen LogP contribution in [0.15, 0.2) is 0 Å². The molecule has 0 aliphatic heterocycles. The van der Waals surface area contributed by atoms with Crippen molar-refractivity contribution in [1.29, 1.82) is 0 Å². The lowest BCUT2D eigenvalue weighted by atomic mass is 13.9. The third-order valence-electron chi connectivity index (χ3n) is 0. The molecule has 40 valence electrons. The highest BCUT2D eigenvalue weighted by Gasteiger charge is 1.84. The summed E-state index contributed by atoms with van der Waals surface area (Å²) in [5, 5.41) is 6.74. The van der Waals surface area contributed by atoms with Gasteiger partial charge in [0.1, 0.15) is 0 Å². The van der Waals surface area contributed by atoms with Gasteiger partial charge in [-0.05, 0) is 0 Å². The van der Waals surface area contributed by atoms with Gasteiger partial charge < -0.3 is 4.70 Å². The monoisotopic (exact) mass is 116 g/mol. The maximum Gasteiger partial charge on any atom is 0.362 e. The van der Waals surface area contributed by atoms with E-state index in [9.17, 15) is 8.42 Å². The Morgan fingerprint density at radius 2 is 1.50 bits per heavy atom. The molecular formula is H5FN2O2S. The quantitative estimate of drug-likeness (QED) is 0.330. The van der Waals surface area contributed by atoms with Gasteiger partial charge in [-0.3, -0.25) is 0 Å². The Labute approximate surface area is 34.7 Å². The van der Waals surface area contributed by atoms with E-state index >= 15 is 0 Å². The Kier molecular flexibility index (Phi) is 3.18. The zero-order valence-electron chi connectivity index (χ0n) is 2.89. The van der Waals surface area contributed by atoms with Crippen LogP contribution in [-0.4, -0.2) is 8.42 Å². The van der Waals surface area contributed by atoms with E-state index in [2.05, 4.69) is 10.3 Å². The first-order valence-electron chi connectivity index (χ1n) is 0.858. The molecule has 0 aromatic heterocycles. The van der Waals surface area contributed by atoms with Gasteiger partial charge in [-0.25, -0.2) is 5.14 Å². The van der Waals surface area contributed by atoms with Crippen molar-refractivity contribution in [1.82, 2.24) is 0 Å². The number of rotatable bonds is 0. The van der Waals surface area contributed by atoms with E-state index in [1.54, 1.807) is 0 Å². The van der Waals surface area contributed by atoms with Crippen LogP contribution in [0.25, 0.3) is 0 Å². The fourth-order valence-electron chi connectivity index (χ4n) is 0. The molecule has 0 atom stereocenters. The van der Waals surface area contributed by atoms with Crippen LogP contribution in [0, 0.1) is 0 Å². The molecule has 0 aromatic rings. The van der Waals surface area contributed by atoms with Gasteiger partial charge in [0, 0.05) is 0 Å². The second-order valence-corrected chi connectivity index (χ2v) is 1.99. The van der Waals surface area contributed by atoms with E-state index in [1.165, 1.54) is 0 Å². The lowest BCUT2D eigenvalue weighted by Crippen LogP contribution is -3.00. The van der Waals surface area contributed by atoms with Crippen LogP contribution in [0.2, 0.25) is 0 Å². The summed E-state index contributed by atoms with van der Waals surface area (Å²) in [7, 11) is -3.42. The molecule has 5 N–H and O–H groups in total. The minimum atomic E-state index is -3.42. The fraction of sp³-hybridized carbons (Fsp3) is 0. The Morgan fingerprint density at radius 3 is 1.50 bits per heavy atom. The minimum absolute atomic E-state index is 0. The molecule has 0 saturated carbocycles. The lowest BCUT2D eigenvalue weighted by Gasteiger charge is -1.67. The minimum Gasteiger partial charge on any atom is -1.00 e. The molecule has 0 unspecified atom stereocenters. The number of nitrogens with two attached hydrogens (primary N) is 1. The number of quaternary nitrogens is 1. The lowest BCUT2D eigenvalue weighted by molar-refractivity contribution is -0.164. The summed E-state index contributed by atoms with van der Waals surface area (Å²) in [6, 6.07) is 0. The summed E-state index contributed by atoms with van der Waals surface area (Å²) in [6.45, 7) is 0. The normalized spacial score (nSPS) is 9.67. The van der Waals surface area contributed by atoms with Crippen molar-refractivity contribution in [2.24, 2.45) is 5.14 Å². The highest BCUT2D eigenvalue weighted by Crippen LogP contribution is 1.33. The highest BCUT2D eigenvalue weighted by molar-refractivity contribution is 7.82. The van der Waals surface area contributed by atoms with Gasteiger partial charge in [-0.1, -0.05) is 0 Å². The largest absolute Gasteiger partial charge is 1.00 e. The SMILES string of the molecule is NS([NH3+])(=O)=O.[F-]. The van der Waals surface area contributed by atoms with Crippen molar-refractivity contribution < 1.29 is 18.3 Å². The van der Waals surface area contributed by atoms with E-state index in [0.29, 0.717) is 0 Å². The second-order valence-electron chi connectivity index (χ2n) is 0.663. The van der Waals surface area contributed by atoms with Crippen LogP contribution in [0.3, 0.4) is 0 Å². The van der Waals surface area contributed by atoms with Crippen molar-refractivity contribution in [3.8, 4) is 0 Å². The number of hydrogen-bond donors (Lipinski definition) is 2. The van der Waals surface area contributed by atoms with Crippen molar-refractivity contribution >= 4 is 10.2 Å². The standard InChI is InChI=1S/FH.H4N2O2S/c;1-5(2,3)4/h1H;(H4,1,2,3,4). The molecule has 0 bridgehead atoms. The van der Waals surface area contributed by atoms with Gasteiger partial charge in [0.2, 0.25) is 0 Å². The van der Waals surface area contributed by atoms with Gasteiger partial charge in [-0.15, -0.1) is 0 Å². The Bertz CT molecular complexity index is 94.7. The van der Waals surface area contributed by atoms with Crippen LogP contribution < -0.4 is 15.0 Å². The van der Waals surface area contributed by atoms with Gasteiger partial charge in [0.15, 0.2) is 0 Å².